The molecular formula is C16H22N2O3. The van der Waals surface area contributed by atoms with Gasteiger partial charge in [0.1, 0.15) is 5.75 Å². The number of amides is 1. The van der Waals surface area contributed by atoms with Crippen molar-refractivity contribution in [3.8, 4) is 5.75 Å². The molecule has 5 nitrogen and oxygen atoms in total. The number of hydrogen-bond acceptors (Lipinski definition) is 4. The van der Waals surface area contributed by atoms with E-state index in [9.17, 15) is 9.59 Å². The van der Waals surface area contributed by atoms with Crippen molar-refractivity contribution >= 4 is 11.7 Å². The van der Waals surface area contributed by atoms with E-state index in [-0.39, 0.29) is 18.2 Å². The van der Waals surface area contributed by atoms with Gasteiger partial charge in [-0.25, -0.2) is 0 Å². The molecule has 1 aliphatic heterocycles. The second-order valence-corrected chi connectivity index (χ2v) is 5.51. The number of hydrogen-bond donors (Lipinski definition) is 0. The fourth-order valence-electron chi connectivity index (χ4n) is 2.50. The van der Waals surface area contributed by atoms with Crippen LogP contribution < -0.4 is 4.74 Å². The summed E-state index contributed by atoms with van der Waals surface area (Å²) in [5, 5.41) is 0. The summed E-state index contributed by atoms with van der Waals surface area (Å²) in [7, 11) is 3.37. The average Bonchev–Trinajstić information content (AvgIpc) is 2.60. The Morgan fingerprint density at radius 1 is 1.33 bits per heavy atom. The van der Waals surface area contributed by atoms with E-state index in [1.165, 1.54) is 0 Å². The third-order valence-corrected chi connectivity index (χ3v) is 3.78. The molecule has 0 atom stereocenters. The SMILES string of the molecule is COc1cc(C)ccc1C(=O)CN1CCCN(C)C(=O)C1. The molecule has 1 aromatic rings. The van der Waals surface area contributed by atoms with Crippen LogP contribution in [0.25, 0.3) is 0 Å². The lowest BCUT2D eigenvalue weighted by Gasteiger charge is -2.19. The van der Waals surface area contributed by atoms with E-state index in [2.05, 4.69) is 0 Å². The van der Waals surface area contributed by atoms with Gasteiger partial charge in [0.25, 0.3) is 0 Å². The Labute approximate surface area is 125 Å². The number of benzene rings is 1. The number of ketones is 1. The minimum atomic E-state index is -0.01000. The van der Waals surface area contributed by atoms with E-state index >= 15 is 0 Å². The van der Waals surface area contributed by atoms with Crippen molar-refractivity contribution in [3.63, 3.8) is 0 Å². The van der Waals surface area contributed by atoms with E-state index in [1.807, 2.05) is 24.0 Å². The maximum absolute atomic E-state index is 12.5. The lowest BCUT2D eigenvalue weighted by Crippen LogP contribution is -2.37. The summed E-state index contributed by atoms with van der Waals surface area (Å²) in [5.41, 5.74) is 1.63. The molecular weight excluding hydrogens is 268 g/mol. The van der Waals surface area contributed by atoms with Crippen molar-refractivity contribution < 1.29 is 14.3 Å². The highest BCUT2D eigenvalue weighted by Crippen LogP contribution is 2.21. The molecule has 1 amide bonds. The van der Waals surface area contributed by atoms with Crippen LogP contribution in [0.1, 0.15) is 22.3 Å². The fourth-order valence-corrected chi connectivity index (χ4v) is 2.50. The third kappa shape index (κ3) is 3.82. The van der Waals surface area contributed by atoms with Gasteiger partial charge >= 0.3 is 0 Å². The van der Waals surface area contributed by atoms with Crippen molar-refractivity contribution in [1.29, 1.82) is 0 Å². The Kier molecular flexibility index (Phi) is 4.96. The molecule has 0 spiro atoms. The molecule has 0 radical (unpaired) electrons. The monoisotopic (exact) mass is 290 g/mol. The standard InChI is InChI=1S/C16H22N2O3/c1-12-5-6-13(15(9-12)21-3)14(19)10-18-8-4-7-17(2)16(20)11-18/h5-6,9H,4,7-8,10-11H2,1-3H3. The number of carbonyl (C=O) groups is 2. The zero-order valence-corrected chi connectivity index (χ0v) is 12.9. The molecule has 0 bridgehead atoms. The molecule has 1 aliphatic rings. The van der Waals surface area contributed by atoms with Crippen molar-refractivity contribution in [2.75, 3.05) is 40.3 Å². The molecule has 114 valence electrons. The number of nitrogens with zero attached hydrogens (tertiary/aromatic N) is 2. The zero-order chi connectivity index (χ0) is 15.4. The van der Waals surface area contributed by atoms with E-state index < -0.39 is 0 Å². The smallest absolute Gasteiger partial charge is 0.236 e. The van der Waals surface area contributed by atoms with Gasteiger partial charge in [-0.1, -0.05) is 6.07 Å². The van der Waals surface area contributed by atoms with Crippen LogP contribution in [0.3, 0.4) is 0 Å². The largest absolute Gasteiger partial charge is 0.496 e. The van der Waals surface area contributed by atoms with Gasteiger partial charge in [-0.3, -0.25) is 14.5 Å². The normalized spacial score (nSPS) is 16.7. The Morgan fingerprint density at radius 3 is 2.81 bits per heavy atom. The summed E-state index contributed by atoms with van der Waals surface area (Å²) in [4.78, 5) is 27.9. The number of Topliss-reactive ketones (excluding diaryl/α,β-unsaturated/α-hetero) is 1. The van der Waals surface area contributed by atoms with E-state index in [1.54, 1.807) is 25.1 Å². The topological polar surface area (TPSA) is 49.9 Å². The number of likely N-dealkylation sites (N-methyl/N-ethyl adjacent to an activating group) is 1. The first-order chi connectivity index (χ1) is 10.0. The van der Waals surface area contributed by atoms with Crippen LogP contribution >= 0.6 is 0 Å². The Morgan fingerprint density at radius 2 is 2.10 bits per heavy atom. The Hall–Kier alpha value is -1.88. The number of rotatable bonds is 4. The number of aryl methyl sites for hydroxylation is 1. The third-order valence-electron chi connectivity index (χ3n) is 3.78. The van der Waals surface area contributed by atoms with Crippen molar-refractivity contribution in [2.45, 2.75) is 13.3 Å². The molecule has 1 aromatic carbocycles. The molecule has 2 rings (SSSR count). The summed E-state index contributed by atoms with van der Waals surface area (Å²) in [6.07, 6.45) is 0.889. The highest BCUT2D eigenvalue weighted by molar-refractivity contribution is 6.00. The number of ether oxygens (including phenoxy) is 1. The molecule has 0 aliphatic carbocycles. The van der Waals surface area contributed by atoms with Gasteiger partial charge in [0.15, 0.2) is 5.78 Å². The minimum Gasteiger partial charge on any atom is -0.496 e. The highest BCUT2D eigenvalue weighted by Gasteiger charge is 2.22. The van der Waals surface area contributed by atoms with Gasteiger partial charge < -0.3 is 9.64 Å². The van der Waals surface area contributed by atoms with Crippen molar-refractivity contribution in [2.24, 2.45) is 0 Å². The van der Waals surface area contributed by atoms with Crippen LogP contribution in [0.5, 0.6) is 5.75 Å². The van der Waals surface area contributed by atoms with Crippen LogP contribution in [0, 0.1) is 6.92 Å². The first-order valence-electron chi connectivity index (χ1n) is 7.15. The molecule has 1 fully saturated rings. The Bertz CT molecular complexity index is 542. The molecule has 0 aromatic heterocycles. The molecule has 1 saturated heterocycles. The molecule has 21 heavy (non-hydrogen) atoms. The average molecular weight is 290 g/mol. The summed E-state index contributed by atoms with van der Waals surface area (Å²) in [6.45, 7) is 4.02. The first kappa shape index (κ1) is 15.5. The van der Waals surface area contributed by atoms with Crippen molar-refractivity contribution in [1.82, 2.24) is 9.80 Å². The van der Waals surface area contributed by atoms with Crippen LogP contribution in [-0.4, -0.2) is 61.8 Å². The van der Waals surface area contributed by atoms with E-state index in [0.717, 1.165) is 25.1 Å². The summed E-state index contributed by atoms with van der Waals surface area (Å²) < 4.78 is 5.28. The highest BCUT2D eigenvalue weighted by atomic mass is 16.5. The first-order valence-corrected chi connectivity index (χ1v) is 7.15. The minimum absolute atomic E-state index is 0.01000. The second kappa shape index (κ2) is 6.72. The molecule has 5 heteroatoms. The molecule has 0 unspecified atom stereocenters. The summed E-state index contributed by atoms with van der Waals surface area (Å²) >= 11 is 0. The Balaban J connectivity index is 2.09. The van der Waals surface area contributed by atoms with Gasteiger partial charge in [-0.15, -0.1) is 0 Å². The van der Waals surface area contributed by atoms with Crippen LogP contribution in [0.4, 0.5) is 0 Å². The summed E-state index contributed by atoms with van der Waals surface area (Å²) in [6, 6.07) is 5.55. The van der Waals surface area contributed by atoms with Crippen molar-refractivity contribution in [3.05, 3.63) is 29.3 Å². The lowest BCUT2D eigenvalue weighted by molar-refractivity contribution is -0.129. The van der Waals surface area contributed by atoms with Gasteiger partial charge in [0.2, 0.25) is 5.91 Å². The lowest BCUT2D eigenvalue weighted by atomic mass is 10.1. The van der Waals surface area contributed by atoms with E-state index in [0.29, 0.717) is 17.9 Å². The van der Waals surface area contributed by atoms with Crippen LogP contribution in [0.2, 0.25) is 0 Å². The number of methoxy groups -OCH3 is 1. The maximum Gasteiger partial charge on any atom is 0.236 e. The van der Waals surface area contributed by atoms with Gasteiger partial charge in [0.05, 0.1) is 25.8 Å². The maximum atomic E-state index is 12.5. The summed E-state index contributed by atoms with van der Waals surface area (Å²) in [5.74, 6) is 0.652. The van der Waals surface area contributed by atoms with E-state index in [4.69, 9.17) is 4.74 Å². The zero-order valence-electron chi connectivity index (χ0n) is 12.9. The predicted octanol–water partition coefficient (Wildman–Crippen LogP) is 1.35. The predicted molar refractivity (Wildman–Crippen MR) is 80.8 cm³/mol. The quantitative estimate of drug-likeness (QED) is 0.786. The number of carbonyl (C=O) groups excluding carboxylic acids is 2. The van der Waals surface area contributed by atoms with Gasteiger partial charge in [-0.05, 0) is 31.0 Å². The van der Waals surface area contributed by atoms with Gasteiger partial charge in [-0.2, -0.15) is 0 Å². The molecule has 0 saturated carbocycles. The second-order valence-electron chi connectivity index (χ2n) is 5.51. The molecule has 1 heterocycles. The molecule has 0 N–H and O–H groups in total. The fraction of sp³-hybridized carbons (Fsp3) is 0.500. The van der Waals surface area contributed by atoms with Crippen LogP contribution in [-0.2, 0) is 4.79 Å². The van der Waals surface area contributed by atoms with Crippen LogP contribution in [0.15, 0.2) is 18.2 Å². The van der Waals surface area contributed by atoms with Gasteiger partial charge in [0, 0.05) is 20.1 Å².